The molecule has 3 heteroatoms. The molecule has 1 aromatic rings. The monoisotopic (exact) mass is 265 g/mol. The van der Waals surface area contributed by atoms with Crippen LogP contribution in [-0.4, -0.2) is 22.9 Å². The molecule has 1 aromatic heterocycles. The van der Waals surface area contributed by atoms with E-state index < -0.39 is 0 Å². The maximum atomic E-state index is 4.61. The maximum absolute atomic E-state index is 4.61. The number of rotatable bonds is 9. The molecule has 0 radical (unpaired) electrons. The minimum Gasteiger partial charge on any atom is -0.316 e. The van der Waals surface area contributed by atoms with Crippen LogP contribution < -0.4 is 5.32 Å². The molecular formula is C16H31N3. The third-order valence-electron chi connectivity index (χ3n) is 3.51. The van der Waals surface area contributed by atoms with Gasteiger partial charge < -0.3 is 5.32 Å². The molecule has 0 bridgehead atoms. The van der Waals surface area contributed by atoms with Gasteiger partial charge in [-0.2, -0.15) is 5.10 Å². The van der Waals surface area contributed by atoms with Crippen molar-refractivity contribution in [3.63, 3.8) is 0 Å². The van der Waals surface area contributed by atoms with Gasteiger partial charge in [0.05, 0.1) is 5.69 Å². The van der Waals surface area contributed by atoms with E-state index in [9.17, 15) is 0 Å². The first kappa shape index (κ1) is 16.2. The van der Waals surface area contributed by atoms with Crippen LogP contribution in [-0.2, 0) is 19.4 Å². The van der Waals surface area contributed by atoms with E-state index in [1.54, 1.807) is 0 Å². The zero-order valence-electron chi connectivity index (χ0n) is 13.4. The summed E-state index contributed by atoms with van der Waals surface area (Å²) in [7, 11) is 0. The topological polar surface area (TPSA) is 29.9 Å². The third-order valence-corrected chi connectivity index (χ3v) is 3.51. The Kier molecular flexibility index (Phi) is 7.14. The molecule has 1 unspecified atom stereocenters. The van der Waals surface area contributed by atoms with E-state index in [1.165, 1.54) is 17.8 Å². The molecule has 0 spiro atoms. The fourth-order valence-corrected chi connectivity index (χ4v) is 2.28. The molecule has 0 saturated heterocycles. The Hall–Kier alpha value is -0.830. The Balaban J connectivity index is 2.36. The number of nitrogens with zero attached hydrogens (tertiary/aromatic N) is 2. The molecule has 110 valence electrons. The van der Waals surface area contributed by atoms with Gasteiger partial charge in [-0.3, -0.25) is 4.68 Å². The number of aromatic nitrogens is 2. The fourth-order valence-electron chi connectivity index (χ4n) is 2.28. The third kappa shape index (κ3) is 5.77. The summed E-state index contributed by atoms with van der Waals surface area (Å²) >= 11 is 0. The molecule has 0 aromatic carbocycles. The zero-order chi connectivity index (χ0) is 14.3. The standard InChI is InChI=1S/C16H31N3/c1-6-15-10-16(19(7-2)18-15)9-8-14(5)12-17-11-13(3)4/h10,13-14,17H,6-9,11-12H2,1-5H3. The second-order valence-corrected chi connectivity index (χ2v) is 5.99. The van der Waals surface area contributed by atoms with Gasteiger partial charge in [0.2, 0.25) is 0 Å². The molecule has 1 heterocycles. The summed E-state index contributed by atoms with van der Waals surface area (Å²) in [6, 6.07) is 2.28. The van der Waals surface area contributed by atoms with Crippen LogP contribution in [0.1, 0.15) is 52.4 Å². The van der Waals surface area contributed by atoms with Gasteiger partial charge in [-0.25, -0.2) is 0 Å². The van der Waals surface area contributed by atoms with Crippen molar-refractivity contribution >= 4 is 0 Å². The highest BCUT2D eigenvalue weighted by Crippen LogP contribution is 2.12. The van der Waals surface area contributed by atoms with Crippen molar-refractivity contribution in [2.45, 2.75) is 60.4 Å². The molecule has 0 fully saturated rings. The smallest absolute Gasteiger partial charge is 0.0624 e. The van der Waals surface area contributed by atoms with E-state index in [2.05, 4.69) is 55.8 Å². The summed E-state index contributed by atoms with van der Waals surface area (Å²) in [5.74, 6) is 1.46. The number of hydrogen-bond acceptors (Lipinski definition) is 2. The summed E-state index contributed by atoms with van der Waals surface area (Å²) in [4.78, 5) is 0. The van der Waals surface area contributed by atoms with Crippen LogP contribution in [0.3, 0.4) is 0 Å². The average molecular weight is 265 g/mol. The molecular weight excluding hydrogens is 234 g/mol. The predicted octanol–water partition coefficient (Wildman–Crippen LogP) is 3.28. The highest BCUT2D eigenvalue weighted by Gasteiger charge is 2.08. The van der Waals surface area contributed by atoms with Crippen molar-refractivity contribution in [3.8, 4) is 0 Å². The van der Waals surface area contributed by atoms with Gasteiger partial charge in [0.1, 0.15) is 0 Å². The second-order valence-electron chi connectivity index (χ2n) is 5.99. The normalized spacial score (nSPS) is 13.2. The Labute approximate surface area is 118 Å². The van der Waals surface area contributed by atoms with Gasteiger partial charge in [-0.15, -0.1) is 0 Å². The van der Waals surface area contributed by atoms with E-state index >= 15 is 0 Å². The van der Waals surface area contributed by atoms with Crippen LogP contribution in [0.2, 0.25) is 0 Å². The Morgan fingerprint density at radius 3 is 2.53 bits per heavy atom. The van der Waals surface area contributed by atoms with Crippen LogP contribution in [0.15, 0.2) is 6.07 Å². The van der Waals surface area contributed by atoms with Crippen molar-refractivity contribution in [3.05, 3.63) is 17.5 Å². The highest BCUT2D eigenvalue weighted by atomic mass is 15.3. The van der Waals surface area contributed by atoms with Gasteiger partial charge in [-0.05, 0) is 57.2 Å². The lowest BCUT2D eigenvalue weighted by molar-refractivity contribution is 0.448. The van der Waals surface area contributed by atoms with Gasteiger partial charge in [-0.1, -0.05) is 27.7 Å². The molecule has 0 aliphatic heterocycles. The van der Waals surface area contributed by atoms with Crippen LogP contribution in [0.4, 0.5) is 0 Å². The minimum atomic E-state index is 0.726. The van der Waals surface area contributed by atoms with Crippen molar-refractivity contribution in [1.29, 1.82) is 0 Å². The molecule has 1 N–H and O–H groups in total. The molecule has 0 amide bonds. The zero-order valence-corrected chi connectivity index (χ0v) is 13.4. The first-order valence-corrected chi connectivity index (χ1v) is 7.83. The molecule has 0 aliphatic carbocycles. The Bertz CT molecular complexity index is 355. The Morgan fingerprint density at radius 2 is 1.95 bits per heavy atom. The van der Waals surface area contributed by atoms with Gasteiger partial charge >= 0.3 is 0 Å². The molecule has 19 heavy (non-hydrogen) atoms. The van der Waals surface area contributed by atoms with Crippen molar-refractivity contribution in [2.24, 2.45) is 11.8 Å². The SMILES string of the molecule is CCc1cc(CCC(C)CNCC(C)C)n(CC)n1. The first-order valence-electron chi connectivity index (χ1n) is 7.83. The van der Waals surface area contributed by atoms with E-state index in [4.69, 9.17) is 0 Å². The molecule has 0 saturated carbocycles. The quantitative estimate of drug-likeness (QED) is 0.742. The lowest BCUT2D eigenvalue weighted by Crippen LogP contribution is -2.25. The largest absolute Gasteiger partial charge is 0.316 e. The maximum Gasteiger partial charge on any atom is 0.0624 e. The highest BCUT2D eigenvalue weighted by molar-refractivity contribution is 5.10. The van der Waals surface area contributed by atoms with Crippen LogP contribution in [0, 0.1) is 11.8 Å². The summed E-state index contributed by atoms with van der Waals surface area (Å²) in [6.45, 7) is 14.4. The average Bonchev–Trinajstić information content (AvgIpc) is 2.78. The number of nitrogens with one attached hydrogen (secondary N) is 1. The van der Waals surface area contributed by atoms with Crippen molar-refractivity contribution in [1.82, 2.24) is 15.1 Å². The van der Waals surface area contributed by atoms with Crippen LogP contribution >= 0.6 is 0 Å². The fraction of sp³-hybridized carbons (Fsp3) is 0.812. The van der Waals surface area contributed by atoms with Crippen molar-refractivity contribution in [2.75, 3.05) is 13.1 Å². The van der Waals surface area contributed by atoms with Crippen molar-refractivity contribution < 1.29 is 0 Å². The minimum absolute atomic E-state index is 0.726. The Morgan fingerprint density at radius 1 is 1.21 bits per heavy atom. The summed E-state index contributed by atoms with van der Waals surface area (Å²) < 4.78 is 2.16. The molecule has 0 aliphatic rings. The van der Waals surface area contributed by atoms with Crippen LogP contribution in [0.5, 0.6) is 0 Å². The van der Waals surface area contributed by atoms with Crippen LogP contribution in [0.25, 0.3) is 0 Å². The summed E-state index contributed by atoms with van der Waals surface area (Å²) in [6.07, 6.45) is 3.41. The predicted molar refractivity (Wildman–Crippen MR) is 82.5 cm³/mol. The number of hydrogen-bond donors (Lipinski definition) is 1. The summed E-state index contributed by atoms with van der Waals surface area (Å²) in [5, 5.41) is 8.15. The van der Waals surface area contributed by atoms with E-state index in [-0.39, 0.29) is 0 Å². The lowest BCUT2D eigenvalue weighted by atomic mass is 10.0. The summed E-state index contributed by atoms with van der Waals surface area (Å²) in [5.41, 5.74) is 2.62. The molecule has 1 rings (SSSR count). The second kappa shape index (κ2) is 8.36. The van der Waals surface area contributed by atoms with E-state index in [0.717, 1.165) is 44.3 Å². The van der Waals surface area contributed by atoms with Gasteiger partial charge in [0.15, 0.2) is 0 Å². The first-order chi connectivity index (χ1) is 9.06. The number of aryl methyl sites for hydroxylation is 3. The molecule has 3 nitrogen and oxygen atoms in total. The van der Waals surface area contributed by atoms with E-state index in [0.29, 0.717) is 0 Å². The van der Waals surface area contributed by atoms with Gasteiger partial charge in [0.25, 0.3) is 0 Å². The lowest BCUT2D eigenvalue weighted by Gasteiger charge is -2.14. The molecule has 1 atom stereocenters. The van der Waals surface area contributed by atoms with E-state index in [1.807, 2.05) is 0 Å². The van der Waals surface area contributed by atoms with Gasteiger partial charge in [0, 0.05) is 12.2 Å².